The summed E-state index contributed by atoms with van der Waals surface area (Å²) in [4.78, 5) is 12.8. The molecule has 0 saturated carbocycles. The zero-order chi connectivity index (χ0) is 16.8. The lowest BCUT2D eigenvalue weighted by Gasteiger charge is -2.26. The van der Waals surface area contributed by atoms with E-state index in [-0.39, 0.29) is 5.78 Å². The fourth-order valence-electron chi connectivity index (χ4n) is 2.89. The number of aliphatic hydroxyl groups excluding tert-OH is 2. The SMILES string of the molecule is CC[C@@H](C(=O)C(C)[C@@H](O)c1ccccc1)[C@@H](O)c1ccccc1. The average Bonchev–Trinajstić information content (AvgIpc) is 2.62. The molecule has 0 fully saturated rings. The van der Waals surface area contributed by atoms with E-state index < -0.39 is 24.0 Å². The molecule has 0 aliphatic carbocycles. The summed E-state index contributed by atoms with van der Waals surface area (Å²) in [5.74, 6) is -1.20. The Morgan fingerprint density at radius 3 is 1.74 bits per heavy atom. The molecule has 0 spiro atoms. The first-order valence-electron chi connectivity index (χ1n) is 8.06. The minimum atomic E-state index is -0.860. The van der Waals surface area contributed by atoms with Crippen molar-refractivity contribution in [3.8, 4) is 0 Å². The highest BCUT2D eigenvalue weighted by molar-refractivity contribution is 5.84. The number of benzene rings is 2. The molecule has 0 bridgehead atoms. The second kappa shape index (κ2) is 8.04. The highest BCUT2D eigenvalue weighted by atomic mass is 16.3. The van der Waals surface area contributed by atoms with E-state index in [1.54, 1.807) is 6.92 Å². The molecule has 0 aliphatic rings. The van der Waals surface area contributed by atoms with Gasteiger partial charge >= 0.3 is 0 Å². The van der Waals surface area contributed by atoms with E-state index in [1.165, 1.54) is 0 Å². The molecule has 1 unspecified atom stereocenters. The van der Waals surface area contributed by atoms with Crippen molar-refractivity contribution in [3.63, 3.8) is 0 Å². The highest BCUT2D eigenvalue weighted by Gasteiger charge is 2.33. The molecular weight excluding hydrogens is 288 g/mol. The van der Waals surface area contributed by atoms with Crippen LogP contribution in [-0.4, -0.2) is 16.0 Å². The Morgan fingerprint density at radius 2 is 1.30 bits per heavy atom. The van der Waals surface area contributed by atoms with Gasteiger partial charge in [-0.1, -0.05) is 74.5 Å². The van der Waals surface area contributed by atoms with Gasteiger partial charge in [0.25, 0.3) is 0 Å². The van der Waals surface area contributed by atoms with Crippen molar-refractivity contribution in [1.82, 2.24) is 0 Å². The molecule has 122 valence electrons. The molecule has 4 atom stereocenters. The molecule has 23 heavy (non-hydrogen) atoms. The smallest absolute Gasteiger partial charge is 0.144 e. The van der Waals surface area contributed by atoms with Gasteiger partial charge in [-0.25, -0.2) is 0 Å². The quantitative estimate of drug-likeness (QED) is 0.820. The predicted octanol–water partition coefficient (Wildman–Crippen LogP) is 3.69. The number of rotatable bonds is 7. The molecule has 0 radical (unpaired) electrons. The van der Waals surface area contributed by atoms with E-state index in [2.05, 4.69) is 0 Å². The summed E-state index contributed by atoms with van der Waals surface area (Å²) in [5, 5.41) is 21.0. The summed E-state index contributed by atoms with van der Waals surface area (Å²) in [6.07, 6.45) is -1.18. The molecule has 3 nitrogen and oxygen atoms in total. The van der Waals surface area contributed by atoms with Crippen LogP contribution in [0.4, 0.5) is 0 Å². The van der Waals surface area contributed by atoms with E-state index >= 15 is 0 Å². The van der Waals surface area contributed by atoms with Crippen LogP contribution >= 0.6 is 0 Å². The van der Waals surface area contributed by atoms with E-state index in [9.17, 15) is 15.0 Å². The van der Waals surface area contributed by atoms with Gasteiger partial charge in [0.1, 0.15) is 5.78 Å². The number of aliphatic hydroxyl groups is 2. The minimum absolute atomic E-state index is 0.111. The van der Waals surface area contributed by atoms with Gasteiger partial charge in [0.15, 0.2) is 0 Å². The van der Waals surface area contributed by atoms with E-state index in [1.807, 2.05) is 67.6 Å². The molecule has 2 aromatic rings. The zero-order valence-corrected chi connectivity index (χ0v) is 13.6. The first kappa shape index (κ1) is 17.4. The number of hydrogen-bond donors (Lipinski definition) is 2. The molecule has 0 heterocycles. The van der Waals surface area contributed by atoms with Crippen LogP contribution < -0.4 is 0 Å². The largest absolute Gasteiger partial charge is 0.388 e. The molecule has 2 rings (SSSR count). The number of carbonyl (C=O) groups is 1. The van der Waals surface area contributed by atoms with Crippen LogP contribution in [0.2, 0.25) is 0 Å². The lowest BCUT2D eigenvalue weighted by molar-refractivity contribution is -0.133. The van der Waals surface area contributed by atoms with Crippen LogP contribution in [0.5, 0.6) is 0 Å². The van der Waals surface area contributed by atoms with Gasteiger partial charge in [0, 0.05) is 11.8 Å². The maximum Gasteiger partial charge on any atom is 0.144 e. The summed E-state index contributed by atoms with van der Waals surface area (Å²) in [7, 11) is 0. The summed E-state index contributed by atoms with van der Waals surface area (Å²) < 4.78 is 0. The number of Topliss-reactive ketones (excluding diaryl/α,β-unsaturated/α-hetero) is 1. The molecule has 0 amide bonds. The minimum Gasteiger partial charge on any atom is -0.388 e. The summed E-state index contributed by atoms with van der Waals surface area (Å²) in [6, 6.07) is 18.4. The first-order valence-corrected chi connectivity index (χ1v) is 8.06. The van der Waals surface area contributed by atoms with Crippen LogP contribution in [0.1, 0.15) is 43.6 Å². The Bertz CT molecular complexity index is 609. The Hall–Kier alpha value is -1.97. The average molecular weight is 312 g/mol. The molecule has 2 aromatic carbocycles. The van der Waals surface area contributed by atoms with Crippen molar-refractivity contribution in [2.24, 2.45) is 11.8 Å². The second-order valence-electron chi connectivity index (χ2n) is 5.92. The van der Waals surface area contributed by atoms with Crippen molar-refractivity contribution < 1.29 is 15.0 Å². The highest BCUT2D eigenvalue weighted by Crippen LogP contribution is 2.32. The van der Waals surface area contributed by atoms with Crippen LogP contribution in [-0.2, 0) is 4.79 Å². The van der Waals surface area contributed by atoms with Gasteiger partial charge in [0.05, 0.1) is 12.2 Å². The van der Waals surface area contributed by atoms with E-state index in [0.29, 0.717) is 6.42 Å². The van der Waals surface area contributed by atoms with Crippen molar-refractivity contribution in [2.75, 3.05) is 0 Å². The fourth-order valence-corrected chi connectivity index (χ4v) is 2.89. The Labute approximate surface area is 137 Å². The van der Waals surface area contributed by atoms with Crippen molar-refractivity contribution in [3.05, 3.63) is 71.8 Å². The lowest BCUT2D eigenvalue weighted by atomic mass is 9.81. The van der Waals surface area contributed by atoms with E-state index in [0.717, 1.165) is 11.1 Å². The third-order valence-electron chi connectivity index (χ3n) is 4.39. The van der Waals surface area contributed by atoms with Crippen molar-refractivity contribution in [1.29, 1.82) is 0 Å². The predicted molar refractivity (Wildman–Crippen MR) is 90.8 cm³/mol. The number of hydrogen-bond acceptors (Lipinski definition) is 3. The summed E-state index contributed by atoms with van der Waals surface area (Å²) in [5.41, 5.74) is 1.45. The number of carbonyl (C=O) groups excluding carboxylic acids is 1. The Balaban J connectivity index is 2.16. The first-order chi connectivity index (χ1) is 11.1. The van der Waals surface area contributed by atoms with Crippen LogP contribution in [0.25, 0.3) is 0 Å². The third kappa shape index (κ3) is 4.06. The second-order valence-corrected chi connectivity index (χ2v) is 5.92. The normalized spacial score (nSPS) is 16.3. The van der Waals surface area contributed by atoms with Crippen molar-refractivity contribution in [2.45, 2.75) is 32.5 Å². The maximum absolute atomic E-state index is 12.8. The fraction of sp³-hybridized carbons (Fsp3) is 0.350. The van der Waals surface area contributed by atoms with Gasteiger partial charge < -0.3 is 10.2 Å². The third-order valence-corrected chi connectivity index (χ3v) is 4.39. The topological polar surface area (TPSA) is 57.5 Å². The Morgan fingerprint density at radius 1 is 0.870 bits per heavy atom. The van der Waals surface area contributed by atoms with Gasteiger partial charge in [-0.2, -0.15) is 0 Å². The standard InChI is InChI=1S/C20H24O3/c1-3-17(20(23)16-12-8-5-9-13-16)19(22)14(2)18(21)15-10-6-4-7-11-15/h4-14,17-18,20-21,23H,3H2,1-2H3/t14?,17-,18+,20-/m0/s1. The molecule has 3 heteroatoms. The Kier molecular flexibility index (Phi) is 6.08. The molecule has 0 aliphatic heterocycles. The summed E-state index contributed by atoms with van der Waals surface area (Å²) >= 11 is 0. The van der Waals surface area contributed by atoms with Gasteiger partial charge in [-0.05, 0) is 17.5 Å². The monoisotopic (exact) mass is 312 g/mol. The van der Waals surface area contributed by atoms with E-state index in [4.69, 9.17) is 0 Å². The molecule has 2 N–H and O–H groups in total. The van der Waals surface area contributed by atoms with Crippen molar-refractivity contribution >= 4 is 5.78 Å². The van der Waals surface area contributed by atoms with Crippen LogP contribution in [0, 0.1) is 11.8 Å². The van der Waals surface area contributed by atoms with Crippen LogP contribution in [0.3, 0.4) is 0 Å². The molecule has 0 saturated heterocycles. The summed E-state index contributed by atoms with van der Waals surface area (Å²) in [6.45, 7) is 3.61. The lowest BCUT2D eigenvalue weighted by Crippen LogP contribution is -2.30. The van der Waals surface area contributed by atoms with Gasteiger partial charge in [0.2, 0.25) is 0 Å². The molecule has 0 aromatic heterocycles. The van der Waals surface area contributed by atoms with Gasteiger partial charge in [-0.15, -0.1) is 0 Å². The van der Waals surface area contributed by atoms with Crippen LogP contribution in [0.15, 0.2) is 60.7 Å². The number of ketones is 1. The molecular formula is C20H24O3. The maximum atomic E-state index is 12.8. The van der Waals surface area contributed by atoms with Gasteiger partial charge in [-0.3, -0.25) is 4.79 Å². The zero-order valence-electron chi connectivity index (χ0n) is 13.6.